The van der Waals surface area contributed by atoms with E-state index in [-0.39, 0.29) is 10.8 Å². The van der Waals surface area contributed by atoms with Crippen molar-refractivity contribution in [2.75, 3.05) is 5.88 Å². The predicted molar refractivity (Wildman–Crippen MR) is 104 cm³/mol. The first-order valence-corrected chi connectivity index (χ1v) is 9.84. The highest BCUT2D eigenvalue weighted by molar-refractivity contribution is 8.01. The second-order valence-corrected chi connectivity index (χ2v) is 8.37. The van der Waals surface area contributed by atoms with E-state index >= 15 is 0 Å². The Labute approximate surface area is 168 Å². The van der Waals surface area contributed by atoms with Gasteiger partial charge in [0.25, 0.3) is 0 Å². The van der Waals surface area contributed by atoms with Crippen molar-refractivity contribution in [1.29, 1.82) is 0 Å². The van der Waals surface area contributed by atoms with Crippen molar-refractivity contribution < 1.29 is 19.1 Å². The molecule has 0 aliphatic carbocycles. The smallest absolute Gasteiger partial charge is 0.344 e. The van der Waals surface area contributed by atoms with E-state index in [1.54, 1.807) is 30.3 Å². The number of rotatable bonds is 4. The average molecular weight is 428 g/mol. The Bertz CT molecular complexity index is 945. The number of carboxylic acid groups (broad SMARTS) is 1. The van der Waals surface area contributed by atoms with Gasteiger partial charge >= 0.3 is 5.97 Å². The monoisotopic (exact) mass is 427 g/mol. The zero-order valence-electron chi connectivity index (χ0n) is 13.0. The van der Waals surface area contributed by atoms with E-state index < -0.39 is 23.2 Å². The maximum atomic E-state index is 12.4. The molecule has 0 spiro atoms. The number of thioether (sulfide) groups is 1. The molecule has 2 fully saturated rings. The lowest BCUT2D eigenvalue weighted by Crippen LogP contribution is -2.43. The third-order valence-electron chi connectivity index (χ3n) is 4.55. The van der Waals surface area contributed by atoms with Gasteiger partial charge in [0, 0.05) is 10.6 Å². The molecule has 2 saturated heterocycles. The highest BCUT2D eigenvalue weighted by atomic mass is 35.5. The van der Waals surface area contributed by atoms with Gasteiger partial charge in [-0.2, -0.15) is 0 Å². The number of hydrogen-bond acceptors (Lipinski definition) is 5. The Hall–Kier alpha value is -1.54. The number of halogens is 2. The van der Waals surface area contributed by atoms with Crippen molar-refractivity contribution in [3.05, 3.63) is 46.1 Å². The minimum absolute atomic E-state index is 0.101. The van der Waals surface area contributed by atoms with Crippen LogP contribution in [-0.2, 0) is 9.59 Å². The van der Waals surface area contributed by atoms with Crippen LogP contribution in [-0.4, -0.2) is 43.9 Å². The van der Waals surface area contributed by atoms with Crippen molar-refractivity contribution in [2.45, 2.75) is 17.2 Å². The first-order valence-electron chi connectivity index (χ1n) is 7.63. The number of aliphatic carboxylic acids is 1. The van der Waals surface area contributed by atoms with E-state index in [0.29, 0.717) is 33.0 Å². The Morgan fingerprint density at radius 3 is 2.77 bits per heavy atom. The van der Waals surface area contributed by atoms with E-state index in [1.807, 2.05) is 0 Å². The van der Waals surface area contributed by atoms with Crippen LogP contribution < -0.4 is 0 Å². The first-order chi connectivity index (χ1) is 12.4. The Morgan fingerprint density at radius 2 is 2.08 bits per heavy atom. The normalized spacial score (nSPS) is 24.3. The maximum absolute atomic E-state index is 12.4. The van der Waals surface area contributed by atoms with Crippen LogP contribution in [0.15, 0.2) is 34.7 Å². The second kappa shape index (κ2) is 6.56. The zero-order chi connectivity index (χ0) is 18.6. The van der Waals surface area contributed by atoms with Gasteiger partial charge in [0.2, 0.25) is 5.91 Å². The summed E-state index contributed by atoms with van der Waals surface area (Å²) >= 11 is 18.7. The maximum Gasteiger partial charge on any atom is 0.344 e. The molecule has 9 heteroatoms. The van der Waals surface area contributed by atoms with Crippen molar-refractivity contribution in [3.63, 3.8) is 0 Å². The highest BCUT2D eigenvalue weighted by Crippen LogP contribution is 2.49. The summed E-state index contributed by atoms with van der Waals surface area (Å²) in [5, 5.41) is 9.89. The van der Waals surface area contributed by atoms with E-state index in [2.05, 4.69) is 0 Å². The molecule has 2 aromatic rings. The van der Waals surface area contributed by atoms with Crippen molar-refractivity contribution in [1.82, 2.24) is 4.90 Å². The second-order valence-electron chi connectivity index (χ2n) is 5.99. The zero-order valence-corrected chi connectivity index (χ0v) is 16.2. The van der Waals surface area contributed by atoms with Gasteiger partial charge in [0.15, 0.2) is 0 Å². The topological polar surface area (TPSA) is 70.8 Å². The van der Waals surface area contributed by atoms with E-state index in [0.717, 1.165) is 0 Å². The van der Waals surface area contributed by atoms with Gasteiger partial charge < -0.3 is 14.4 Å². The summed E-state index contributed by atoms with van der Waals surface area (Å²) in [6.45, 7) is 0. The third kappa shape index (κ3) is 2.74. The minimum atomic E-state index is -1.19. The fourth-order valence-electron chi connectivity index (χ4n) is 3.39. The molecule has 3 atom stereocenters. The van der Waals surface area contributed by atoms with Gasteiger partial charge in [-0.15, -0.1) is 11.8 Å². The molecule has 134 valence electrons. The van der Waals surface area contributed by atoms with Crippen LogP contribution in [0.4, 0.5) is 0 Å². The molecule has 2 aliphatic heterocycles. The van der Waals surface area contributed by atoms with Gasteiger partial charge in [-0.05, 0) is 30.3 Å². The van der Waals surface area contributed by atoms with Gasteiger partial charge in [0.1, 0.15) is 16.4 Å². The fraction of sp³-hybridized carbons (Fsp3) is 0.235. The molecule has 4 rings (SSSR count). The summed E-state index contributed by atoms with van der Waals surface area (Å²) < 4.78 is 5.96. The Balaban J connectivity index is 1.73. The van der Waals surface area contributed by atoms with Crippen LogP contribution >= 0.6 is 47.2 Å². The number of nitrogens with zero attached hydrogens (tertiary/aromatic N) is 1. The summed E-state index contributed by atoms with van der Waals surface area (Å²) in [6.07, 6.45) is 0. The summed E-state index contributed by atoms with van der Waals surface area (Å²) in [5.41, 5.74) is 0.669. The largest absolute Gasteiger partial charge is 0.477 e. The summed E-state index contributed by atoms with van der Waals surface area (Å²) in [6, 6.07) is 7.89. The molecule has 1 amide bonds. The molecule has 2 aliphatic rings. The standard InChI is InChI=1S/C17H11Cl2NO4S2/c18-7-1-2-8(9(19)5-7)10-3-4-11(24-10)12-13(14(25)17(22)23)20-6-26-15(12)16(20)21/h1-5,12-13,15H,6H2,(H,22,23). The number of thiocarbonyl (C=S) groups is 1. The molecule has 2 bridgehead atoms. The Kier molecular flexibility index (Phi) is 4.51. The third-order valence-corrected chi connectivity index (χ3v) is 6.80. The lowest BCUT2D eigenvalue weighted by atomic mass is 9.94. The lowest BCUT2D eigenvalue weighted by Gasteiger charge is -2.29. The van der Waals surface area contributed by atoms with Gasteiger partial charge in [-0.25, -0.2) is 4.79 Å². The molecule has 1 aromatic heterocycles. The Morgan fingerprint density at radius 1 is 1.31 bits per heavy atom. The average Bonchev–Trinajstić information content (AvgIpc) is 3.27. The number of carbonyl (C=O) groups is 2. The molecule has 3 unspecified atom stereocenters. The number of carboxylic acids is 1. The van der Waals surface area contributed by atoms with Crippen LogP contribution in [0, 0.1) is 0 Å². The van der Waals surface area contributed by atoms with Crippen LogP contribution in [0.5, 0.6) is 0 Å². The summed E-state index contributed by atoms with van der Waals surface area (Å²) in [7, 11) is 0. The van der Waals surface area contributed by atoms with Crippen LogP contribution in [0.1, 0.15) is 11.7 Å². The molecule has 26 heavy (non-hydrogen) atoms. The predicted octanol–water partition coefficient (Wildman–Crippen LogP) is 4.08. The van der Waals surface area contributed by atoms with Crippen LogP contribution in [0.2, 0.25) is 10.0 Å². The number of furan rings is 1. The van der Waals surface area contributed by atoms with Crippen LogP contribution in [0.3, 0.4) is 0 Å². The quantitative estimate of drug-likeness (QED) is 0.741. The number of carbonyl (C=O) groups excluding carboxylic acids is 1. The molecule has 0 radical (unpaired) electrons. The minimum Gasteiger partial charge on any atom is -0.477 e. The van der Waals surface area contributed by atoms with E-state index in [9.17, 15) is 14.7 Å². The number of benzene rings is 1. The number of amides is 1. The van der Waals surface area contributed by atoms with Crippen molar-refractivity contribution in [3.8, 4) is 11.3 Å². The van der Waals surface area contributed by atoms with Gasteiger partial charge in [-0.3, -0.25) is 4.79 Å². The lowest BCUT2D eigenvalue weighted by molar-refractivity contribution is -0.129. The molecular weight excluding hydrogens is 417 g/mol. The highest BCUT2D eigenvalue weighted by Gasteiger charge is 2.57. The summed E-state index contributed by atoms with van der Waals surface area (Å²) in [4.78, 5) is 25.2. The van der Waals surface area contributed by atoms with Gasteiger partial charge in [0.05, 0.1) is 28.1 Å². The van der Waals surface area contributed by atoms with E-state index in [4.69, 9.17) is 39.8 Å². The molecular formula is C17H11Cl2NO4S2. The number of fused-ring (bicyclic) bond motifs is 2. The van der Waals surface area contributed by atoms with Crippen molar-refractivity contribution in [2.24, 2.45) is 0 Å². The molecule has 1 N–H and O–H groups in total. The molecule has 5 nitrogen and oxygen atoms in total. The summed E-state index contributed by atoms with van der Waals surface area (Å²) in [5.74, 6) is -0.243. The number of hydrogen-bond donors (Lipinski definition) is 1. The van der Waals surface area contributed by atoms with Gasteiger partial charge in [-0.1, -0.05) is 35.4 Å². The van der Waals surface area contributed by atoms with Crippen LogP contribution in [0.25, 0.3) is 11.3 Å². The first kappa shape index (κ1) is 17.9. The molecule has 0 saturated carbocycles. The van der Waals surface area contributed by atoms with E-state index in [1.165, 1.54) is 16.7 Å². The molecule has 1 aromatic carbocycles. The van der Waals surface area contributed by atoms with Crippen molar-refractivity contribution >= 4 is 63.9 Å². The fourth-order valence-corrected chi connectivity index (χ4v) is 5.55. The molecule has 3 heterocycles. The SMILES string of the molecule is O=C(O)C(=S)C1C(c2ccc(-c3ccc(Cl)cc3Cl)o2)C2SCN1C2=O.